The first-order valence-electron chi connectivity index (χ1n) is 46.6. The number of hydrogen-bond donors (Lipinski definition) is 0. The average Bonchev–Trinajstić information content (AvgIpc) is 1.30. The van der Waals surface area contributed by atoms with E-state index >= 15 is 0 Å². The normalized spacial score (nSPS) is 20.5. The van der Waals surface area contributed by atoms with Crippen molar-refractivity contribution in [3.8, 4) is 0 Å². The highest BCUT2D eigenvalue weighted by Crippen LogP contribution is 2.46. The zero-order valence-electron chi connectivity index (χ0n) is 73.9. The molecule has 0 nitrogen and oxygen atoms in total. The second-order valence-corrected chi connectivity index (χ2v) is 39.1. The first-order valence-corrected chi connectivity index (χ1v) is 46.6. The number of benzene rings is 9. The standard InChI is InChI=1S/C17H20.2C15H22.2C14H20.2C13H18.C12H16/c1-17(11-5-2-6-12-17)16-10-9-14-7-3-4-8-15(14)13-16;1-15(14-10-6-5-7-11-14)12-8-3-2-4-9-13-15;1-3-13-7-9-14(10-8-13)15(2)11-5-4-6-12-15;1-12-6-8-13(9-7-12)14(2)10-4-3-5-11-14;1-3-12-6-8-13(9-7-12)14(2)10-4-5-11-14;1-11-5-7-12(8-6-11)13(2)9-3-4-10-13;1-13(10-6-3-7-11-13)12-8-4-2-5-9-12;1-12(9-5-6-10-12)11-7-3-2-4-8-11/h3-4,7-10,13H,2,5-6,11-12H2,1H3;5-7,10-11H,2-4,8-9,12-13H2,1H3;7-10H,3-6,11-12H2,1-2H3;2*6-9H,3-5,10-11H2,1-2H3;5-8H,3-4,9-10H2,1-2H3;2,4-5,8-9H,3,6-7,10-11H2,1H3;2-4,7-8H,5-6,9-10H2,1H3. The summed E-state index contributed by atoms with van der Waals surface area (Å²) in [5.74, 6) is 0. The summed E-state index contributed by atoms with van der Waals surface area (Å²) in [6.45, 7) is 28.1. The van der Waals surface area contributed by atoms with Gasteiger partial charge in [-0.05, 0) is 239 Å². The largest absolute Gasteiger partial charge is 0.0622 e. The van der Waals surface area contributed by atoms with E-state index < -0.39 is 0 Å². The Balaban J connectivity index is 0.000000137. The predicted octanol–water partition coefficient (Wildman–Crippen LogP) is 33.8. The van der Waals surface area contributed by atoms with Gasteiger partial charge >= 0.3 is 0 Å². The van der Waals surface area contributed by atoms with Gasteiger partial charge in [-0.1, -0.05) is 459 Å². The van der Waals surface area contributed by atoms with E-state index in [1.54, 1.807) is 22.3 Å². The molecule has 0 saturated heterocycles. The van der Waals surface area contributed by atoms with Gasteiger partial charge in [-0.2, -0.15) is 0 Å². The molecule has 0 unspecified atom stereocenters. The Morgan fingerprint density at radius 1 is 0.177 bits per heavy atom. The fourth-order valence-corrected chi connectivity index (χ4v) is 21.1. The van der Waals surface area contributed by atoms with E-state index in [1.807, 2.05) is 0 Å². The Bertz CT molecular complexity index is 4060. The summed E-state index contributed by atoms with van der Waals surface area (Å²) < 4.78 is 0. The van der Waals surface area contributed by atoms with E-state index in [4.69, 9.17) is 0 Å². The van der Waals surface area contributed by atoms with Crippen molar-refractivity contribution >= 4 is 10.8 Å². The van der Waals surface area contributed by atoms with Crippen LogP contribution in [0.25, 0.3) is 10.8 Å². The van der Waals surface area contributed by atoms with Gasteiger partial charge in [-0.3, -0.25) is 0 Å². The molecule has 0 heteroatoms. The minimum Gasteiger partial charge on any atom is -0.0622 e. The van der Waals surface area contributed by atoms with Crippen molar-refractivity contribution in [1.82, 2.24) is 0 Å². The fourth-order valence-electron chi connectivity index (χ4n) is 21.1. The van der Waals surface area contributed by atoms with Crippen LogP contribution in [-0.4, -0.2) is 0 Å². The van der Waals surface area contributed by atoms with E-state index in [9.17, 15) is 0 Å². The number of aryl methyl sites for hydroxylation is 4. The highest BCUT2D eigenvalue weighted by Gasteiger charge is 2.35. The molecular formula is C113H156. The third-order valence-corrected chi connectivity index (χ3v) is 29.9. The molecule has 8 aliphatic rings. The maximum atomic E-state index is 2.45. The quantitative estimate of drug-likeness (QED) is 0.128. The molecular weight excluding hydrogens is 1360 g/mol. The van der Waals surface area contributed by atoms with E-state index in [1.165, 1.54) is 306 Å². The van der Waals surface area contributed by atoms with Crippen LogP contribution in [0.2, 0.25) is 0 Å². The smallest absolute Gasteiger partial charge is 0.00750 e. The van der Waals surface area contributed by atoms with Crippen molar-refractivity contribution < 1.29 is 0 Å². The van der Waals surface area contributed by atoms with Crippen LogP contribution in [0.3, 0.4) is 0 Å². The van der Waals surface area contributed by atoms with Crippen molar-refractivity contribution in [1.29, 1.82) is 0 Å². The summed E-state index contributed by atoms with van der Waals surface area (Å²) in [5, 5.41) is 2.74. The van der Waals surface area contributed by atoms with Gasteiger partial charge in [0.15, 0.2) is 0 Å². The predicted molar refractivity (Wildman–Crippen MR) is 496 cm³/mol. The molecule has 0 aliphatic heterocycles. The maximum Gasteiger partial charge on any atom is -0.00750 e. The van der Waals surface area contributed by atoms with Gasteiger partial charge in [0.25, 0.3) is 0 Å². The van der Waals surface area contributed by atoms with Gasteiger partial charge in [0.1, 0.15) is 0 Å². The summed E-state index contributed by atoms with van der Waals surface area (Å²) in [5.41, 5.74) is 21.7. The second kappa shape index (κ2) is 43.4. The van der Waals surface area contributed by atoms with Crippen LogP contribution in [0, 0.1) is 13.8 Å². The Kier molecular flexibility index (Phi) is 34.1. The van der Waals surface area contributed by atoms with E-state index in [0.29, 0.717) is 43.3 Å². The molecule has 0 N–H and O–H groups in total. The minimum absolute atomic E-state index is 0.419. The average molecular weight is 1510 g/mol. The lowest BCUT2D eigenvalue weighted by atomic mass is 9.71. The molecule has 0 amide bonds. The van der Waals surface area contributed by atoms with Crippen molar-refractivity contribution in [2.45, 2.75) is 390 Å². The third-order valence-electron chi connectivity index (χ3n) is 29.9. The van der Waals surface area contributed by atoms with Gasteiger partial charge in [-0.15, -0.1) is 0 Å². The molecule has 8 saturated carbocycles. The summed E-state index contributed by atoms with van der Waals surface area (Å²) in [6.07, 6.45) is 56.7. The zero-order valence-corrected chi connectivity index (χ0v) is 73.9. The monoisotopic (exact) mass is 1510 g/mol. The van der Waals surface area contributed by atoms with Crippen LogP contribution < -0.4 is 0 Å². The highest BCUT2D eigenvalue weighted by atomic mass is 14.4. The lowest BCUT2D eigenvalue weighted by Gasteiger charge is -2.34. The van der Waals surface area contributed by atoms with Crippen molar-refractivity contribution in [3.05, 3.63) is 297 Å². The zero-order chi connectivity index (χ0) is 79.9. The van der Waals surface area contributed by atoms with E-state index in [2.05, 4.69) is 314 Å². The molecule has 9 aromatic rings. The molecule has 0 atom stereocenters. The first kappa shape index (κ1) is 88.6. The van der Waals surface area contributed by atoms with Crippen LogP contribution in [0.5, 0.6) is 0 Å². The molecule has 0 radical (unpaired) electrons. The van der Waals surface area contributed by atoms with Gasteiger partial charge in [0, 0.05) is 0 Å². The number of rotatable bonds is 10. The number of fused-ring (bicyclic) bond motifs is 1. The van der Waals surface area contributed by atoms with Crippen LogP contribution in [0.4, 0.5) is 0 Å². The molecule has 608 valence electrons. The molecule has 0 aromatic heterocycles. The van der Waals surface area contributed by atoms with Crippen molar-refractivity contribution in [2.75, 3.05) is 0 Å². The third kappa shape index (κ3) is 25.9. The van der Waals surface area contributed by atoms with E-state index in [0.717, 1.165) is 12.8 Å². The minimum atomic E-state index is 0.419. The lowest BCUT2D eigenvalue weighted by molar-refractivity contribution is 0.319. The highest BCUT2D eigenvalue weighted by molar-refractivity contribution is 5.83. The summed E-state index contributed by atoms with van der Waals surface area (Å²) in [7, 11) is 0. The number of hydrogen-bond acceptors (Lipinski definition) is 0. The van der Waals surface area contributed by atoms with Gasteiger partial charge in [-0.25, -0.2) is 0 Å². The molecule has 17 rings (SSSR count). The van der Waals surface area contributed by atoms with E-state index in [-0.39, 0.29) is 0 Å². The van der Waals surface area contributed by atoms with Gasteiger partial charge in [0.2, 0.25) is 0 Å². The molecule has 8 aliphatic carbocycles. The molecule has 0 heterocycles. The Hall–Kier alpha value is -6.76. The lowest BCUT2D eigenvalue weighted by Crippen LogP contribution is -2.24. The Morgan fingerprint density at radius 3 is 0.602 bits per heavy atom. The molecule has 0 spiro atoms. The van der Waals surface area contributed by atoms with Crippen LogP contribution in [-0.2, 0) is 56.2 Å². The Labute approximate surface area is 693 Å². The maximum absolute atomic E-state index is 2.45. The van der Waals surface area contributed by atoms with Crippen LogP contribution in [0.15, 0.2) is 231 Å². The molecule has 9 aromatic carbocycles. The molecule has 0 bridgehead atoms. The first-order chi connectivity index (χ1) is 54.6. The van der Waals surface area contributed by atoms with Crippen molar-refractivity contribution in [2.24, 2.45) is 0 Å². The summed E-state index contributed by atoms with van der Waals surface area (Å²) in [6, 6.07) is 85.5. The van der Waals surface area contributed by atoms with Crippen LogP contribution >= 0.6 is 0 Å². The van der Waals surface area contributed by atoms with Gasteiger partial charge in [0.05, 0.1) is 0 Å². The van der Waals surface area contributed by atoms with Crippen molar-refractivity contribution in [3.63, 3.8) is 0 Å². The fraction of sp³-hybridized carbons (Fsp3) is 0.540. The van der Waals surface area contributed by atoms with Crippen LogP contribution in [0.1, 0.15) is 386 Å². The van der Waals surface area contributed by atoms with Gasteiger partial charge < -0.3 is 0 Å². The second-order valence-electron chi connectivity index (χ2n) is 39.1. The Morgan fingerprint density at radius 2 is 0.354 bits per heavy atom. The molecule has 8 fully saturated rings. The topological polar surface area (TPSA) is 0 Å². The summed E-state index contributed by atoms with van der Waals surface area (Å²) >= 11 is 0. The molecule has 113 heavy (non-hydrogen) atoms. The SMILES string of the molecule is CC1(c2ccc3ccccc3c2)CCCCC1.CC1(c2ccccc2)CCCC1.CC1(c2ccccc2)CCCCC1.CC1(c2ccccc2)CCCCCCC1.CCc1ccc(C2(C)CCCC2)cc1.CCc1ccc(C2(C)CCCCC2)cc1.Cc1ccc(C2(C)CCCC2)cc1.Cc1ccc(C2(C)CCCCC2)cc1. The summed E-state index contributed by atoms with van der Waals surface area (Å²) in [4.78, 5) is 0.